The average Bonchev–Trinajstić information content (AvgIpc) is 3.39. The molecule has 2 fully saturated rings. The lowest BCUT2D eigenvalue weighted by Gasteiger charge is -2.18. The minimum absolute atomic E-state index is 0. The van der Waals surface area contributed by atoms with Crippen LogP contribution in [0.3, 0.4) is 0 Å². The summed E-state index contributed by atoms with van der Waals surface area (Å²) in [4.78, 5) is 35.0. The van der Waals surface area contributed by atoms with Gasteiger partial charge in [0.15, 0.2) is 5.96 Å². The first-order valence-corrected chi connectivity index (χ1v) is 8.91. The van der Waals surface area contributed by atoms with Crippen LogP contribution >= 0.6 is 24.0 Å². The van der Waals surface area contributed by atoms with Crippen LogP contribution < -0.4 is 10.6 Å². The van der Waals surface area contributed by atoms with E-state index in [1.165, 1.54) is 11.2 Å². The van der Waals surface area contributed by atoms with Crippen molar-refractivity contribution in [3.63, 3.8) is 0 Å². The number of nitrogens with zero attached hydrogens (tertiary/aromatic N) is 5. The number of carbonyl (C=O) groups excluding carboxylic acids is 2. The van der Waals surface area contributed by atoms with Gasteiger partial charge in [-0.05, 0) is 18.3 Å². The fourth-order valence-electron chi connectivity index (χ4n) is 4.33. The second kappa shape index (κ2) is 7.95. The van der Waals surface area contributed by atoms with Crippen molar-refractivity contribution in [1.29, 1.82) is 0 Å². The molecule has 1 aromatic rings. The molecule has 2 aliphatic carbocycles. The van der Waals surface area contributed by atoms with E-state index in [4.69, 9.17) is 0 Å². The maximum absolute atomic E-state index is 12.6. The molecule has 2 bridgehead atoms. The topological polar surface area (TPSA) is 105 Å². The zero-order chi connectivity index (χ0) is 18.3. The molecule has 3 aliphatic rings. The molecule has 1 saturated carbocycles. The number of fused-ring (bicyclic) bond motifs is 5. The van der Waals surface area contributed by atoms with Gasteiger partial charge < -0.3 is 10.6 Å². The lowest BCUT2D eigenvalue weighted by Crippen LogP contribution is -2.43. The van der Waals surface area contributed by atoms with Gasteiger partial charge in [-0.3, -0.25) is 24.2 Å². The molecule has 146 valence electrons. The summed E-state index contributed by atoms with van der Waals surface area (Å²) in [5.41, 5.74) is 0. The molecular weight excluding hydrogens is 461 g/mol. The highest BCUT2D eigenvalue weighted by atomic mass is 127. The summed E-state index contributed by atoms with van der Waals surface area (Å²) in [7, 11) is 3.50. The van der Waals surface area contributed by atoms with E-state index in [0.29, 0.717) is 25.6 Å². The lowest BCUT2D eigenvalue weighted by molar-refractivity contribution is -0.140. The number of rotatable bonds is 5. The molecule has 2 N–H and O–H groups in total. The minimum atomic E-state index is -0.133. The summed E-state index contributed by atoms with van der Waals surface area (Å²) >= 11 is 0. The van der Waals surface area contributed by atoms with E-state index in [1.807, 2.05) is 7.05 Å². The first kappa shape index (κ1) is 19.8. The van der Waals surface area contributed by atoms with E-state index < -0.39 is 0 Å². The van der Waals surface area contributed by atoms with E-state index >= 15 is 0 Å². The van der Waals surface area contributed by atoms with Gasteiger partial charge in [-0.15, -0.1) is 24.0 Å². The predicted octanol–water partition coefficient (Wildman–Crippen LogP) is -0.0948. The Balaban J connectivity index is 0.00000210. The number of aryl methyl sites for hydroxylation is 1. The van der Waals surface area contributed by atoms with Crippen LogP contribution in [0.2, 0.25) is 0 Å². The number of aliphatic imine (C=N–C) groups is 1. The van der Waals surface area contributed by atoms with Crippen LogP contribution in [0.5, 0.6) is 0 Å². The number of nitrogens with one attached hydrogen (secondary N) is 2. The average molecular weight is 485 g/mol. The number of hydrogen-bond donors (Lipinski definition) is 2. The monoisotopic (exact) mass is 485 g/mol. The quantitative estimate of drug-likeness (QED) is 0.199. The third kappa shape index (κ3) is 3.46. The van der Waals surface area contributed by atoms with Gasteiger partial charge in [-0.2, -0.15) is 5.10 Å². The summed E-state index contributed by atoms with van der Waals surface area (Å²) < 4.78 is 1.68. The van der Waals surface area contributed by atoms with Gasteiger partial charge in [0.1, 0.15) is 12.2 Å². The fraction of sp³-hybridized carbons (Fsp3) is 0.588. The molecule has 0 aromatic carbocycles. The maximum Gasteiger partial charge on any atom is 0.233 e. The van der Waals surface area contributed by atoms with Crippen LogP contribution in [0.15, 0.2) is 23.5 Å². The normalized spacial score (nSPS) is 28.5. The highest BCUT2D eigenvalue weighted by Crippen LogP contribution is 2.52. The Morgan fingerprint density at radius 3 is 2.44 bits per heavy atom. The van der Waals surface area contributed by atoms with Gasteiger partial charge in [0.2, 0.25) is 11.8 Å². The number of amides is 2. The third-order valence-corrected chi connectivity index (χ3v) is 5.63. The van der Waals surface area contributed by atoms with Crippen molar-refractivity contribution in [3.8, 4) is 0 Å². The maximum atomic E-state index is 12.6. The second-order valence-corrected chi connectivity index (χ2v) is 6.98. The molecule has 1 aliphatic heterocycles. The van der Waals surface area contributed by atoms with Gasteiger partial charge in [-0.1, -0.05) is 12.2 Å². The first-order chi connectivity index (χ1) is 12.6. The van der Waals surface area contributed by atoms with E-state index in [1.54, 1.807) is 11.7 Å². The molecule has 4 atom stereocenters. The van der Waals surface area contributed by atoms with Crippen molar-refractivity contribution in [3.05, 3.63) is 24.3 Å². The summed E-state index contributed by atoms with van der Waals surface area (Å²) in [6.45, 7) is 1.30. The number of imide groups is 1. The molecular formula is C17H24IN7O2. The summed E-state index contributed by atoms with van der Waals surface area (Å²) in [6, 6.07) is 0. The summed E-state index contributed by atoms with van der Waals surface area (Å²) in [5, 5.41) is 10.3. The van der Waals surface area contributed by atoms with Crippen LogP contribution in [0.4, 0.5) is 0 Å². The summed E-state index contributed by atoms with van der Waals surface area (Å²) in [6.07, 6.45) is 6.67. The first-order valence-electron chi connectivity index (χ1n) is 8.91. The number of likely N-dealkylation sites (tertiary alicyclic amines) is 1. The highest BCUT2D eigenvalue weighted by molar-refractivity contribution is 14.0. The smallest absolute Gasteiger partial charge is 0.233 e. The molecule has 0 radical (unpaired) electrons. The third-order valence-electron chi connectivity index (χ3n) is 5.63. The second-order valence-electron chi connectivity index (χ2n) is 6.98. The van der Waals surface area contributed by atoms with Crippen molar-refractivity contribution in [1.82, 2.24) is 30.3 Å². The number of allylic oxidation sites excluding steroid dienone is 2. The Bertz CT molecular complexity index is 760. The van der Waals surface area contributed by atoms with Crippen LogP contribution in [-0.4, -0.2) is 57.6 Å². The Morgan fingerprint density at radius 2 is 1.89 bits per heavy atom. The predicted molar refractivity (Wildman–Crippen MR) is 109 cm³/mol. The van der Waals surface area contributed by atoms with Crippen LogP contribution in [0.1, 0.15) is 12.2 Å². The van der Waals surface area contributed by atoms with E-state index in [-0.39, 0.29) is 59.5 Å². The molecule has 9 nitrogen and oxygen atoms in total. The number of hydrogen-bond acceptors (Lipinski definition) is 5. The largest absolute Gasteiger partial charge is 0.355 e. The number of aromatic nitrogens is 3. The van der Waals surface area contributed by atoms with Crippen molar-refractivity contribution in [2.75, 3.05) is 20.1 Å². The van der Waals surface area contributed by atoms with Crippen molar-refractivity contribution in [2.24, 2.45) is 35.7 Å². The van der Waals surface area contributed by atoms with E-state index in [2.05, 4.69) is 37.9 Å². The van der Waals surface area contributed by atoms with Gasteiger partial charge >= 0.3 is 0 Å². The summed E-state index contributed by atoms with van der Waals surface area (Å²) in [5.74, 6) is 1.58. The zero-order valence-electron chi connectivity index (χ0n) is 15.3. The van der Waals surface area contributed by atoms with E-state index in [0.717, 1.165) is 12.2 Å². The zero-order valence-corrected chi connectivity index (χ0v) is 17.7. The molecule has 1 saturated heterocycles. The van der Waals surface area contributed by atoms with Crippen LogP contribution in [0, 0.1) is 23.7 Å². The van der Waals surface area contributed by atoms with Gasteiger partial charge in [0, 0.05) is 27.2 Å². The van der Waals surface area contributed by atoms with Gasteiger partial charge in [0.25, 0.3) is 0 Å². The van der Waals surface area contributed by atoms with Gasteiger partial charge in [-0.25, -0.2) is 4.98 Å². The van der Waals surface area contributed by atoms with Crippen molar-refractivity contribution in [2.45, 2.75) is 13.0 Å². The number of guanidine groups is 1. The Morgan fingerprint density at radius 1 is 1.22 bits per heavy atom. The number of halogens is 1. The Hall–Kier alpha value is -1.98. The molecule has 2 heterocycles. The van der Waals surface area contributed by atoms with Crippen molar-refractivity contribution < 1.29 is 9.59 Å². The number of carbonyl (C=O) groups is 2. The Kier molecular flexibility index (Phi) is 5.82. The molecule has 4 rings (SSSR count). The highest BCUT2D eigenvalue weighted by Gasteiger charge is 2.58. The van der Waals surface area contributed by atoms with Crippen LogP contribution in [-0.2, 0) is 23.2 Å². The molecule has 10 heteroatoms. The Labute approximate surface area is 174 Å². The molecule has 27 heavy (non-hydrogen) atoms. The SMILES string of the molecule is CN=C(NCCN1C(=O)C2C3C=CC(C3)C2C1=O)NCc1ncnn1C.I. The minimum Gasteiger partial charge on any atom is -0.355 e. The molecule has 4 unspecified atom stereocenters. The van der Waals surface area contributed by atoms with Crippen LogP contribution in [0.25, 0.3) is 0 Å². The molecule has 2 amide bonds. The standard InChI is InChI=1S/C17H23N7O2.HI/c1-18-17(20-8-12-21-9-22-23(12)2)19-5-6-24-15(25)13-10-3-4-11(7-10)14(13)16(24)26;/h3-4,9-11,13-14H,5-8H2,1-2H3,(H2,18,19,20);1H. The van der Waals surface area contributed by atoms with E-state index in [9.17, 15) is 9.59 Å². The van der Waals surface area contributed by atoms with Crippen molar-refractivity contribution >= 4 is 41.8 Å². The lowest BCUT2D eigenvalue weighted by atomic mass is 9.85. The molecule has 1 aromatic heterocycles. The fourth-order valence-corrected chi connectivity index (χ4v) is 4.33. The molecule has 0 spiro atoms. The van der Waals surface area contributed by atoms with Gasteiger partial charge in [0.05, 0.1) is 18.4 Å².